The van der Waals surface area contributed by atoms with E-state index < -0.39 is 5.79 Å². The van der Waals surface area contributed by atoms with Crippen molar-refractivity contribution in [1.82, 2.24) is 15.5 Å². The number of carbonyl (C=O) groups is 1. The van der Waals surface area contributed by atoms with Crippen molar-refractivity contribution in [3.05, 3.63) is 0 Å². The third kappa shape index (κ3) is 6.22. The molecule has 1 amide bonds. The van der Waals surface area contributed by atoms with Crippen LogP contribution in [0.15, 0.2) is 4.99 Å². The van der Waals surface area contributed by atoms with Crippen LogP contribution >= 0.6 is 24.0 Å². The first-order valence-corrected chi connectivity index (χ1v) is 8.71. The molecule has 3 fully saturated rings. The maximum Gasteiger partial charge on any atom is 0.243 e. The summed E-state index contributed by atoms with van der Waals surface area (Å²) in [5.41, 5.74) is 0. The van der Waals surface area contributed by atoms with Gasteiger partial charge in [-0.05, 0) is 12.8 Å². The van der Waals surface area contributed by atoms with E-state index >= 15 is 0 Å². The molecule has 2 heterocycles. The van der Waals surface area contributed by atoms with Crippen molar-refractivity contribution in [2.75, 3.05) is 47.0 Å². The van der Waals surface area contributed by atoms with Gasteiger partial charge in [-0.1, -0.05) is 0 Å². The van der Waals surface area contributed by atoms with E-state index in [0.717, 1.165) is 25.7 Å². The lowest BCUT2D eigenvalue weighted by Crippen LogP contribution is -2.44. The molecule has 0 radical (unpaired) electrons. The number of guanidine groups is 1. The van der Waals surface area contributed by atoms with Crippen LogP contribution in [0.5, 0.6) is 0 Å². The maximum absolute atomic E-state index is 11.7. The highest BCUT2D eigenvalue weighted by molar-refractivity contribution is 14.0. The van der Waals surface area contributed by atoms with Crippen molar-refractivity contribution < 1.29 is 19.0 Å². The van der Waals surface area contributed by atoms with Gasteiger partial charge in [-0.3, -0.25) is 4.79 Å². The Morgan fingerprint density at radius 1 is 1.28 bits per heavy atom. The Kier molecular flexibility index (Phi) is 7.71. The molecule has 1 saturated carbocycles. The van der Waals surface area contributed by atoms with Crippen molar-refractivity contribution in [2.24, 2.45) is 4.99 Å². The average molecular weight is 468 g/mol. The highest BCUT2D eigenvalue weighted by Gasteiger charge is 2.42. The molecular weight excluding hydrogens is 439 g/mol. The van der Waals surface area contributed by atoms with Gasteiger partial charge in [-0.25, -0.2) is 4.99 Å². The van der Waals surface area contributed by atoms with Crippen LogP contribution in [0.25, 0.3) is 0 Å². The third-order valence-electron chi connectivity index (χ3n) is 4.45. The largest absolute Gasteiger partial charge is 0.381 e. The van der Waals surface area contributed by atoms with Crippen molar-refractivity contribution in [3.8, 4) is 0 Å². The second-order valence-corrected chi connectivity index (χ2v) is 6.83. The fourth-order valence-corrected chi connectivity index (χ4v) is 2.73. The Labute approximate surface area is 166 Å². The molecule has 25 heavy (non-hydrogen) atoms. The molecule has 1 aliphatic carbocycles. The second-order valence-electron chi connectivity index (χ2n) is 6.83. The Morgan fingerprint density at radius 2 is 2.00 bits per heavy atom. The summed E-state index contributed by atoms with van der Waals surface area (Å²) in [6.07, 6.45) is 3.84. The molecule has 9 heteroatoms. The standard InChI is InChI=1S/C16H28N4O4.HI/c1-20(2)14(21)10-18-15(19-12-3-4-12)17-9-13-11-23-16(24-13)5-7-22-8-6-16;/h12-13H,3-11H2,1-2H3,(H2,17,18,19);1H. The zero-order chi connectivity index (χ0) is 17.0. The lowest BCUT2D eigenvalue weighted by atomic mass is 10.1. The molecule has 0 aromatic rings. The fraction of sp³-hybridized carbons (Fsp3) is 0.875. The summed E-state index contributed by atoms with van der Waals surface area (Å²) >= 11 is 0. The summed E-state index contributed by atoms with van der Waals surface area (Å²) in [6.45, 7) is 2.68. The van der Waals surface area contributed by atoms with E-state index in [4.69, 9.17) is 14.2 Å². The van der Waals surface area contributed by atoms with E-state index in [-0.39, 0.29) is 42.5 Å². The number of hydrogen-bond donors (Lipinski definition) is 2. The molecule has 144 valence electrons. The minimum absolute atomic E-state index is 0. The van der Waals surface area contributed by atoms with Crippen LogP contribution in [0.4, 0.5) is 0 Å². The van der Waals surface area contributed by atoms with Crippen LogP contribution in [0.1, 0.15) is 25.7 Å². The first kappa shape index (κ1) is 20.7. The summed E-state index contributed by atoms with van der Waals surface area (Å²) in [6, 6.07) is 0.466. The number of nitrogens with one attached hydrogen (secondary N) is 2. The summed E-state index contributed by atoms with van der Waals surface area (Å²) in [4.78, 5) is 17.6. The van der Waals surface area contributed by atoms with Crippen molar-refractivity contribution in [1.29, 1.82) is 0 Å². The molecule has 8 nitrogen and oxygen atoms in total. The van der Waals surface area contributed by atoms with Gasteiger partial charge in [0, 0.05) is 39.5 Å². The number of nitrogens with zero attached hydrogens (tertiary/aromatic N) is 2. The van der Waals surface area contributed by atoms with E-state index in [1.54, 1.807) is 19.0 Å². The summed E-state index contributed by atoms with van der Waals surface area (Å²) in [5, 5.41) is 6.61. The molecule has 1 atom stereocenters. The molecule has 1 spiro atoms. The Morgan fingerprint density at radius 3 is 2.64 bits per heavy atom. The molecular formula is C16H29IN4O4. The zero-order valence-electron chi connectivity index (χ0n) is 15.0. The molecule has 0 aromatic carbocycles. The fourth-order valence-electron chi connectivity index (χ4n) is 2.73. The molecule has 2 aliphatic heterocycles. The number of likely N-dealkylation sites (N-methyl/N-ethyl adjacent to an activating group) is 1. The van der Waals surface area contributed by atoms with Crippen LogP contribution in [-0.4, -0.2) is 81.7 Å². The van der Waals surface area contributed by atoms with Crippen molar-refractivity contribution in [2.45, 2.75) is 43.6 Å². The molecule has 2 saturated heterocycles. The van der Waals surface area contributed by atoms with E-state index in [9.17, 15) is 4.79 Å². The SMILES string of the molecule is CN(C)C(=O)CN=C(NCC1COC2(CCOCC2)O1)NC1CC1.I. The topological polar surface area (TPSA) is 84.4 Å². The first-order valence-electron chi connectivity index (χ1n) is 8.71. The van der Waals surface area contributed by atoms with Gasteiger partial charge in [-0.15, -0.1) is 24.0 Å². The number of ether oxygens (including phenoxy) is 3. The smallest absolute Gasteiger partial charge is 0.243 e. The minimum atomic E-state index is -0.466. The van der Waals surface area contributed by atoms with Crippen molar-refractivity contribution >= 4 is 35.8 Å². The van der Waals surface area contributed by atoms with Crippen LogP contribution in [-0.2, 0) is 19.0 Å². The predicted octanol–water partition coefficient (Wildman–Crippen LogP) is 0.312. The van der Waals surface area contributed by atoms with Crippen LogP contribution in [0.2, 0.25) is 0 Å². The molecule has 0 bridgehead atoms. The van der Waals surface area contributed by atoms with Gasteiger partial charge in [-0.2, -0.15) is 0 Å². The van der Waals surface area contributed by atoms with E-state index in [0.29, 0.717) is 38.4 Å². The van der Waals surface area contributed by atoms with Crippen LogP contribution in [0, 0.1) is 0 Å². The molecule has 3 aliphatic rings. The van der Waals surface area contributed by atoms with Gasteiger partial charge in [0.2, 0.25) is 5.91 Å². The summed E-state index contributed by atoms with van der Waals surface area (Å²) in [5.74, 6) is 0.185. The van der Waals surface area contributed by atoms with E-state index in [1.165, 1.54) is 0 Å². The van der Waals surface area contributed by atoms with Gasteiger partial charge in [0.25, 0.3) is 0 Å². The Balaban J connectivity index is 0.00000225. The highest BCUT2D eigenvalue weighted by atomic mass is 127. The Hall–Kier alpha value is -0.650. The van der Waals surface area contributed by atoms with Gasteiger partial charge in [0.05, 0.1) is 19.8 Å². The maximum atomic E-state index is 11.7. The molecule has 1 unspecified atom stereocenters. The van der Waals surface area contributed by atoms with Crippen molar-refractivity contribution in [3.63, 3.8) is 0 Å². The number of hydrogen-bond acceptors (Lipinski definition) is 5. The number of amides is 1. The lowest BCUT2D eigenvalue weighted by Gasteiger charge is -2.31. The molecule has 2 N–H and O–H groups in total. The first-order chi connectivity index (χ1) is 11.6. The molecule has 3 rings (SSSR count). The molecule has 0 aromatic heterocycles. The lowest BCUT2D eigenvalue weighted by molar-refractivity contribution is -0.210. The normalized spacial score (nSPS) is 25.4. The van der Waals surface area contributed by atoms with Crippen LogP contribution < -0.4 is 10.6 Å². The number of aliphatic imine (C=N–C) groups is 1. The van der Waals surface area contributed by atoms with Gasteiger partial charge in [0.15, 0.2) is 11.7 Å². The zero-order valence-corrected chi connectivity index (χ0v) is 17.3. The minimum Gasteiger partial charge on any atom is -0.381 e. The second kappa shape index (κ2) is 9.33. The number of carbonyl (C=O) groups excluding carboxylic acids is 1. The monoisotopic (exact) mass is 468 g/mol. The third-order valence-corrected chi connectivity index (χ3v) is 4.45. The summed E-state index contributed by atoms with van der Waals surface area (Å²) < 4.78 is 17.4. The predicted molar refractivity (Wildman–Crippen MR) is 104 cm³/mol. The highest BCUT2D eigenvalue weighted by Crippen LogP contribution is 2.32. The Bertz CT molecular complexity index is 479. The van der Waals surface area contributed by atoms with Gasteiger partial charge < -0.3 is 29.7 Å². The number of halogens is 1. The average Bonchev–Trinajstić information content (AvgIpc) is 3.31. The number of rotatable bonds is 5. The van der Waals surface area contributed by atoms with E-state index in [2.05, 4.69) is 15.6 Å². The van der Waals surface area contributed by atoms with Gasteiger partial charge >= 0.3 is 0 Å². The quantitative estimate of drug-likeness (QED) is 0.344. The van der Waals surface area contributed by atoms with Crippen LogP contribution in [0.3, 0.4) is 0 Å². The van der Waals surface area contributed by atoms with Gasteiger partial charge in [0.1, 0.15) is 12.6 Å². The van der Waals surface area contributed by atoms with E-state index in [1.807, 2.05) is 0 Å². The summed E-state index contributed by atoms with van der Waals surface area (Å²) in [7, 11) is 3.46.